The summed E-state index contributed by atoms with van der Waals surface area (Å²) in [4.78, 5) is 23.1. The maximum Gasteiger partial charge on any atom is 0.306 e. The van der Waals surface area contributed by atoms with Crippen LogP contribution >= 0.6 is 0 Å². The summed E-state index contributed by atoms with van der Waals surface area (Å²) in [6.45, 7) is 4.87. The highest BCUT2D eigenvalue weighted by Crippen LogP contribution is 2.29. The molecule has 0 aliphatic carbocycles. The average Bonchev–Trinajstić information content (AvgIpc) is 2.80. The lowest BCUT2D eigenvalue weighted by atomic mass is 9.85. The van der Waals surface area contributed by atoms with Gasteiger partial charge in [-0.3, -0.25) is 9.59 Å². The monoisotopic (exact) mass is 300 g/mol. The largest absolute Gasteiger partial charge is 0.466 e. The van der Waals surface area contributed by atoms with Crippen molar-refractivity contribution in [2.75, 3.05) is 19.8 Å². The average molecular weight is 300 g/mol. The first-order valence-corrected chi connectivity index (χ1v) is 7.34. The van der Waals surface area contributed by atoms with Crippen molar-refractivity contribution >= 4 is 18.2 Å². The number of carbonyl (C=O) groups excluding carboxylic acids is 2. The minimum Gasteiger partial charge on any atom is -0.466 e. The van der Waals surface area contributed by atoms with Gasteiger partial charge in [-0.05, 0) is 38.6 Å². The number of rotatable bonds is 8. The summed E-state index contributed by atoms with van der Waals surface area (Å²) in [5.41, 5.74) is 0. The molecule has 1 aliphatic rings. The van der Waals surface area contributed by atoms with Crippen LogP contribution in [0.3, 0.4) is 0 Å². The van der Waals surface area contributed by atoms with Crippen molar-refractivity contribution in [3.8, 4) is 0 Å². The van der Waals surface area contributed by atoms with E-state index in [4.69, 9.17) is 14.7 Å². The Bertz CT molecular complexity index is 372. The summed E-state index contributed by atoms with van der Waals surface area (Å²) in [5, 5.41) is 15.0. The van der Waals surface area contributed by atoms with Gasteiger partial charge in [0.15, 0.2) is 0 Å². The quantitative estimate of drug-likeness (QED) is 0.300. The molecule has 1 heterocycles. The van der Waals surface area contributed by atoms with Crippen molar-refractivity contribution in [3.05, 3.63) is 0 Å². The maximum absolute atomic E-state index is 11.6. The van der Waals surface area contributed by atoms with Gasteiger partial charge in [-0.1, -0.05) is 0 Å². The maximum atomic E-state index is 11.6. The highest BCUT2D eigenvalue weighted by Gasteiger charge is 2.36. The lowest BCUT2D eigenvalue weighted by Gasteiger charge is -2.20. The minimum absolute atomic E-state index is 0.0368. The molecule has 3 unspecified atom stereocenters. The minimum atomic E-state index is -0.251. The Hall–Kier alpha value is -1.63. The van der Waals surface area contributed by atoms with E-state index in [1.54, 1.807) is 13.8 Å². The van der Waals surface area contributed by atoms with Crippen molar-refractivity contribution < 1.29 is 24.3 Å². The number of ether oxygens (including phenoxy) is 2. The number of hydrogen-bond donors (Lipinski definition) is 2. The first kappa shape index (κ1) is 17.4. The summed E-state index contributed by atoms with van der Waals surface area (Å²) in [6, 6.07) is -0.149. The summed E-state index contributed by atoms with van der Waals surface area (Å²) in [6.07, 6.45) is 2.56. The van der Waals surface area contributed by atoms with Gasteiger partial charge in [0.2, 0.25) is 0 Å². The number of nitrogens with zero attached hydrogens (tertiary/aromatic N) is 1. The number of hydrogen-bond acceptors (Lipinski definition) is 7. The van der Waals surface area contributed by atoms with Crippen molar-refractivity contribution in [1.29, 1.82) is 0 Å². The molecule has 7 nitrogen and oxygen atoms in total. The third-order valence-electron chi connectivity index (χ3n) is 3.63. The smallest absolute Gasteiger partial charge is 0.306 e. The lowest BCUT2D eigenvalue weighted by molar-refractivity contribution is -0.144. The van der Waals surface area contributed by atoms with E-state index >= 15 is 0 Å². The molecule has 1 saturated heterocycles. The van der Waals surface area contributed by atoms with Crippen LogP contribution < -0.4 is 5.32 Å². The van der Waals surface area contributed by atoms with Crippen LogP contribution in [0.15, 0.2) is 5.16 Å². The predicted octanol–water partition coefficient (Wildman–Crippen LogP) is 0.947. The van der Waals surface area contributed by atoms with Gasteiger partial charge in [-0.25, -0.2) is 0 Å². The molecule has 0 aromatic heterocycles. The number of nitrogens with one attached hydrogen (secondary N) is 1. The van der Waals surface area contributed by atoms with Gasteiger partial charge >= 0.3 is 11.9 Å². The Kier molecular flexibility index (Phi) is 7.74. The molecule has 0 saturated carbocycles. The molecule has 3 atom stereocenters. The van der Waals surface area contributed by atoms with Crippen molar-refractivity contribution in [2.24, 2.45) is 17.0 Å². The molecule has 7 heteroatoms. The van der Waals surface area contributed by atoms with E-state index < -0.39 is 0 Å². The fourth-order valence-electron chi connectivity index (χ4n) is 2.71. The fraction of sp³-hybridized carbons (Fsp3) is 0.786. The Labute approximate surface area is 124 Å². The first-order valence-electron chi connectivity index (χ1n) is 7.34. The number of carbonyl (C=O) groups is 2. The Morgan fingerprint density at radius 1 is 1.29 bits per heavy atom. The summed E-state index contributed by atoms with van der Waals surface area (Å²) >= 11 is 0. The molecule has 1 fully saturated rings. The third-order valence-corrected chi connectivity index (χ3v) is 3.63. The molecule has 1 rings (SSSR count). The molecule has 0 aromatic rings. The lowest BCUT2D eigenvalue weighted by Crippen LogP contribution is -2.30. The van der Waals surface area contributed by atoms with Crippen LogP contribution in [0.2, 0.25) is 0 Å². The Morgan fingerprint density at radius 2 is 1.95 bits per heavy atom. The van der Waals surface area contributed by atoms with E-state index in [2.05, 4.69) is 10.5 Å². The predicted molar refractivity (Wildman–Crippen MR) is 76.2 cm³/mol. The van der Waals surface area contributed by atoms with E-state index in [0.29, 0.717) is 32.6 Å². The van der Waals surface area contributed by atoms with E-state index in [9.17, 15) is 9.59 Å². The van der Waals surface area contributed by atoms with E-state index in [1.807, 2.05) is 0 Å². The van der Waals surface area contributed by atoms with Crippen LogP contribution in [0.1, 0.15) is 33.1 Å². The molecule has 0 radical (unpaired) electrons. The zero-order valence-electron chi connectivity index (χ0n) is 12.6. The fourth-order valence-corrected chi connectivity index (χ4v) is 2.71. The molecule has 2 N–H and O–H groups in total. The normalized spacial score (nSPS) is 25.1. The highest BCUT2D eigenvalue weighted by atomic mass is 16.5. The van der Waals surface area contributed by atoms with Gasteiger partial charge in [0.1, 0.15) is 0 Å². The molecule has 0 aromatic carbocycles. The highest BCUT2D eigenvalue weighted by molar-refractivity contribution is 5.71. The van der Waals surface area contributed by atoms with Gasteiger partial charge in [0.25, 0.3) is 0 Å². The van der Waals surface area contributed by atoms with Crippen molar-refractivity contribution in [2.45, 2.75) is 39.2 Å². The second kappa shape index (κ2) is 9.33. The van der Waals surface area contributed by atoms with Crippen LogP contribution in [0.4, 0.5) is 0 Å². The first-order chi connectivity index (χ1) is 10.1. The summed E-state index contributed by atoms with van der Waals surface area (Å²) in [7, 11) is 0. The van der Waals surface area contributed by atoms with Gasteiger partial charge in [0, 0.05) is 18.9 Å². The summed E-state index contributed by atoms with van der Waals surface area (Å²) in [5.74, 6) is -0.401. The van der Waals surface area contributed by atoms with Gasteiger partial charge in [0.05, 0.1) is 19.4 Å². The number of oxime groups is 1. The topological polar surface area (TPSA) is 97.2 Å². The second-order valence-electron chi connectivity index (χ2n) is 4.98. The third kappa shape index (κ3) is 5.71. The SMILES string of the molecule is CCOC(=O)CCC1C(CC(=O)OCC)CNC1/C=N/O. The van der Waals surface area contributed by atoms with Crippen molar-refractivity contribution in [1.82, 2.24) is 5.32 Å². The standard InChI is InChI=1S/C14H24N2O5/c1-3-20-13(17)6-5-11-10(7-14(18)21-4-2)8-15-12(11)9-16-19/h9-12,15,19H,3-8H2,1-2H3/b16-9+. The van der Waals surface area contributed by atoms with Gasteiger partial charge in [-0.2, -0.15) is 0 Å². The van der Waals surface area contributed by atoms with Crippen LogP contribution in [0, 0.1) is 11.8 Å². The molecule has 0 spiro atoms. The molecular weight excluding hydrogens is 276 g/mol. The molecule has 1 aliphatic heterocycles. The van der Waals surface area contributed by atoms with E-state index in [-0.39, 0.29) is 36.2 Å². The van der Waals surface area contributed by atoms with Crippen LogP contribution in [-0.4, -0.2) is 49.2 Å². The van der Waals surface area contributed by atoms with Gasteiger partial charge in [-0.15, -0.1) is 5.16 Å². The Balaban J connectivity index is 2.59. The molecule has 0 bridgehead atoms. The second-order valence-corrected chi connectivity index (χ2v) is 4.98. The van der Waals surface area contributed by atoms with E-state index in [0.717, 1.165) is 0 Å². The molecule has 120 valence electrons. The Morgan fingerprint density at radius 3 is 2.57 bits per heavy atom. The van der Waals surface area contributed by atoms with Crippen molar-refractivity contribution in [3.63, 3.8) is 0 Å². The van der Waals surface area contributed by atoms with Crippen LogP contribution in [0.25, 0.3) is 0 Å². The number of esters is 2. The zero-order valence-corrected chi connectivity index (χ0v) is 12.6. The summed E-state index contributed by atoms with van der Waals surface area (Å²) < 4.78 is 9.89. The zero-order chi connectivity index (χ0) is 15.7. The van der Waals surface area contributed by atoms with E-state index in [1.165, 1.54) is 6.21 Å². The van der Waals surface area contributed by atoms with Crippen LogP contribution in [-0.2, 0) is 19.1 Å². The molecular formula is C14H24N2O5. The van der Waals surface area contributed by atoms with Crippen LogP contribution in [0.5, 0.6) is 0 Å². The molecule has 21 heavy (non-hydrogen) atoms. The molecule has 0 amide bonds. The van der Waals surface area contributed by atoms with Gasteiger partial charge < -0.3 is 20.0 Å².